The van der Waals surface area contributed by atoms with Crippen molar-refractivity contribution in [3.8, 4) is 0 Å². The molecular weight excluding hydrogens is 276 g/mol. The number of rotatable bonds is 6. The Hall–Kier alpha value is -2.43. The molecule has 1 amide bonds. The SMILES string of the molecule is CCC(C)Nc1nccc(C(=O)NC(C)c2ccccc2)n1. The molecule has 0 aliphatic heterocycles. The van der Waals surface area contributed by atoms with Gasteiger partial charge < -0.3 is 10.6 Å². The summed E-state index contributed by atoms with van der Waals surface area (Å²) in [6.07, 6.45) is 2.56. The van der Waals surface area contributed by atoms with Crippen LogP contribution in [0, 0.1) is 0 Å². The molecule has 1 aromatic heterocycles. The number of carbonyl (C=O) groups excluding carboxylic acids is 1. The Balaban J connectivity index is 2.05. The summed E-state index contributed by atoms with van der Waals surface area (Å²) in [7, 11) is 0. The monoisotopic (exact) mass is 298 g/mol. The van der Waals surface area contributed by atoms with E-state index >= 15 is 0 Å². The van der Waals surface area contributed by atoms with Gasteiger partial charge in [0, 0.05) is 12.2 Å². The Labute approximate surface area is 131 Å². The van der Waals surface area contributed by atoms with Gasteiger partial charge in [0.2, 0.25) is 5.95 Å². The van der Waals surface area contributed by atoms with Gasteiger partial charge in [-0.2, -0.15) is 0 Å². The average molecular weight is 298 g/mol. The topological polar surface area (TPSA) is 66.9 Å². The highest BCUT2D eigenvalue weighted by atomic mass is 16.1. The lowest BCUT2D eigenvalue weighted by Gasteiger charge is -2.15. The lowest BCUT2D eigenvalue weighted by molar-refractivity contribution is 0.0935. The third kappa shape index (κ3) is 4.28. The smallest absolute Gasteiger partial charge is 0.270 e. The quantitative estimate of drug-likeness (QED) is 0.859. The van der Waals surface area contributed by atoms with E-state index in [1.165, 1.54) is 0 Å². The molecule has 0 saturated heterocycles. The molecule has 5 nitrogen and oxygen atoms in total. The van der Waals surface area contributed by atoms with E-state index in [4.69, 9.17) is 0 Å². The van der Waals surface area contributed by atoms with Crippen molar-refractivity contribution in [2.45, 2.75) is 39.3 Å². The number of hydrogen-bond donors (Lipinski definition) is 2. The number of amides is 1. The van der Waals surface area contributed by atoms with Gasteiger partial charge in [0.1, 0.15) is 5.69 Å². The molecule has 116 valence electrons. The van der Waals surface area contributed by atoms with E-state index in [0.717, 1.165) is 12.0 Å². The summed E-state index contributed by atoms with van der Waals surface area (Å²) in [6.45, 7) is 6.08. The Morgan fingerprint density at radius 1 is 1.18 bits per heavy atom. The molecule has 0 spiro atoms. The number of hydrogen-bond acceptors (Lipinski definition) is 4. The molecule has 0 saturated carbocycles. The minimum absolute atomic E-state index is 0.0744. The molecule has 0 aliphatic rings. The molecule has 22 heavy (non-hydrogen) atoms. The van der Waals surface area contributed by atoms with Gasteiger partial charge in [0.15, 0.2) is 0 Å². The third-order valence-corrected chi connectivity index (χ3v) is 3.52. The van der Waals surface area contributed by atoms with Crippen molar-refractivity contribution < 1.29 is 4.79 Å². The van der Waals surface area contributed by atoms with E-state index in [1.807, 2.05) is 44.2 Å². The molecule has 1 heterocycles. The van der Waals surface area contributed by atoms with Crippen LogP contribution in [0.4, 0.5) is 5.95 Å². The van der Waals surface area contributed by atoms with Crippen molar-refractivity contribution >= 4 is 11.9 Å². The van der Waals surface area contributed by atoms with Gasteiger partial charge in [0.05, 0.1) is 6.04 Å². The van der Waals surface area contributed by atoms with Crippen LogP contribution in [0.5, 0.6) is 0 Å². The van der Waals surface area contributed by atoms with Gasteiger partial charge in [0.25, 0.3) is 5.91 Å². The maximum atomic E-state index is 12.3. The molecule has 2 rings (SSSR count). The first-order chi connectivity index (χ1) is 10.6. The van der Waals surface area contributed by atoms with Crippen molar-refractivity contribution in [3.63, 3.8) is 0 Å². The number of carbonyl (C=O) groups is 1. The molecule has 5 heteroatoms. The second kappa shape index (κ2) is 7.54. The van der Waals surface area contributed by atoms with Crippen molar-refractivity contribution in [3.05, 3.63) is 53.9 Å². The van der Waals surface area contributed by atoms with Crippen LogP contribution in [0.15, 0.2) is 42.6 Å². The highest BCUT2D eigenvalue weighted by Crippen LogP contribution is 2.12. The molecule has 0 aliphatic carbocycles. The number of nitrogens with zero attached hydrogens (tertiary/aromatic N) is 2. The second-order valence-electron chi connectivity index (χ2n) is 5.32. The largest absolute Gasteiger partial charge is 0.352 e. The molecule has 2 unspecified atom stereocenters. The number of nitrogens with one attached hydrogen (secondary N) is 2. The molecule has 0 fully saturated rings. The number of benzene rings is 1. The van der Waals surface area contributed by atoms with Gasteiger partial charge in [-0.15, -0.1) is 0 Å². The minimum atomic E-state index is -0.203. The van der Waals surface area contributed by atoms with Gasteiger partial charge in [-0.25, -0.2) is 9.97 Å². The zero-order chi connectivity index (χ0) is 15.9. The summed E-state index contributed by atoms with van der Waals surface area (Å²) in [6, 6.07) is 11.6. The summed E-state index contributed by atoms with van der Waals surface area (Å²) in [5.74, 6) is 0.278. The predicted octanol–water partition coefficient (Wildman–Crippen LogP) is 3.18. The number of aromatic nitrogens is 2. The molecule has 0 bridgehead atoms. The average Bonchev–Trinajstić information content (AvgIpc) is 2.55. The highest BCUT2D eigenvalue weighted by Gasteiger charge is 2.13. The van der Waals surface area contributed by atoms with Crippen LogP contribution >= 0.6 is 0 Å². The van der Waals surface area contributed by atoms with Crippen LogP contribution in [-0.2, 0) is 0 Å². The standard InChI is InChI=1S/C17H22N4O/c1-4-12(2)19-17-18-11-10-15(21-17)16(22)20-13(3)14-8-6-5-7-9-14/h5-13H,4H2,1-3H3,(H,20,22)(H,18,19,21). The van der Waals surface area contributed by atoms with Crippen molar-refractivity contribution in [1.29, 1.82) is 0 Å². The molecule has 0 radical (unpaired) electrons. The lowest BCUT2D eigenvalue weighted by Crippen LogP contribution is -2.28. The van der Waals surface area contributed by atoms with Gasteiger partial charge in [-0.3, -0.25) is 4.79 Å². The first kappa shape index (κ1) is 15.9. The minimum Gasteiger partial charge on any atom is -0.352 e. The summed E-state index contributed by atoms with van der Waals surface area (Å²) >= 11 is 0. The molecule has 2 atom stereocenters. The first-order valence-corrected chi connectivity index (χ1v) is 7.55. The number of anilines is 1. The molecule has 2 N–H and O–H groups in total. The van der Waals surface area contributed by atoms with E-state index in [1.54, 1.807) is 12.3 Å². The van der Waals surface area contributed by atoms with Crippen LogP contribution in [0.25, 0.3) is 0 Å². The highest BCUT2D eigenvalue weighted by molar-refractivity contribution is 5.92. The van der Waals surface area contributed by atoms with E-state index in [9.17, 15) is 4.79 Å². The summed E-state index contributed by atoms with van der Waals surface area (Å²) in [5, 5.41) is 6.12. The van der Waals surface area contributed by atoms with Crippen LogP contribution in [0.2, 0.25) is 0 Å². The van der Waals surface area contributed by atoms with Gasteiger partial charge in [-0.05, 0) is 31.9 Å². The van der Waals surface area contributed by atoms with Crippen LogP contribution in [-0.4, -0.2) is 21.9 Å². The predicted molar refractivity (Wildman–Crippen MR) is 87.7 cm³/mol. The maximum Gasteiger partial charge on any atom is 0.270 e. The molecular formula is C17H22N4O. The molecule has 1 aromatic carbocycles. The fraction of sp³-hybridized carbons (Fsp3) is 0.353. The van der Waals surface area contributed by atoms with Gasteiger partial charge >= 0.3 is 0 Å². The maximum absolute atomic E-state index is 12.3. The molecule has 2 aromatic rings. The third-order valence-electron chi connectivity index (χ3n) is 3.52. The zero-order valence-electron chi connectivity index (χ0n) is 13.2. The van der Waals surface area contributed by atoms with E-state index in [-0.39, 0.29) is 18.0 Å². The summed E-state index contributed by atoms with van der Waals surface area (Å²) < 4.78 is 0. The van der Waals surface area contributed by atoms with Crippen molar-refractivity contribution in [1.82, 2.24) is 15.3 Å². The van der Waals surface area contributed by atoms with Crippen molar-refractivity contribution in [2.75, 3.05) is 5.32 Å². The Bertz CT molecular complexity index is 615. The Morgan fingerprint density at radius 3 is 2.59 bits per heavy atom. The van der Waals surface area contributed by atoms with E-state index in [2.05, 4.69) is 27.5 Å². The van der Waals surface area contributed by atoms with Gasteiger partial charge in [-0.1, -0.05) is 37.3 Å². The normalized spacial score (nSPS) is 13.2. The van der Waals surface area contributed by atoms with Crippen LogP contribution < -0.4 is 10.6 Å². The van der Waals surface area contributed by atoms with E-state index in [0.29, 0.717) is 11.6 Å². The summed E-state index contributed by atoms with van der Waals surface area (Å²) in [4.78, 5) is 20.7. The second-order valence-corrected chi connectivity index (χ2v) is 5.32. The Kier molecular flexibility index (Phi) is 5.47. The lowest BCUT2D eigenvalue weighted by atomic mass is 10.1. The fourth-order valence-electron chi connectivity index (χ4n) is 1.97. The Morgan fingerprint density at radius 2 is 1.91 bits per heavy atom. The zero-order valence-corrected chi connectivity index (χ0v) is 13.2. The fourth-order valence-corrected chi connectivity index (χ4v) is 1.97. The van der Waals surface area contributed by atoms with Crippen LogP contribution in [0.1, 0.15) is 49.3 Å². The first-order valence-electron chi connectivity index (χ1n) is 7.55. The summed E-state index contributed by atoms with van der Waals surface area (Å²) in [5.41, 5.74) is 1.42. The van der Waals surface area contributed by atoms with E-state index < -0.39 is 0 Å². The van der Waals surface area contributed by atoms with Crippen LogP contribution in [0.3, 0.4) is 0 Å². The van der Waals surface area contributed by atoms with Crippen molar-refractivity contribution in [2.24, 2.45) is 0 Å².